The molecule has 0 unspecified atom stereocenters. The van der Waals surface area contributed by atoms with Gasteiger partial charge in [-0.25, -0.2) is 9.38 Å². The molecule has 7 heteroatoms. The van der Waals surface area contributed by atoms with Gasteiger partial charge in [-0.2, -0.15) is 0 Å². The Morgan fingerprint density at radius 1 is 1.04 bits per heavy atom. The molecule has 6 nitrogen and oxygen atoms in total. The number of hydrogen-bond donors (Lipinski definition) is 1. The summed E-state index contributed by atoms with van der Waals surface area (Å²) in [7, 11) is 3.47. The van der Waals surface area contributed by atoms with Crippen molar-refractivity contribution in [2.24, 2.45) is 10.7 Å². The van der Waals surface area contributed by atoms with Crippen LogP contribution in [0.15, 0.2) is 53.5 Å². The molecule has 148 valence electrons. The average Bonchev–Trinajstić information content (AvgIpc) is 2.72. The summed E-state index contributed by atoms with van der Waals surface area (Å²) in [5.41, 5.74) is 8.84. The van der Waals surface area contributed by atoms with Crippen molar-refractivity contribution in [3.8, 4) is 0 Å². The largest absolute Gasteiger partial charge is 0.370 e. The maximum absolute atomic E-state index is 13.1. The van der Waals surface area contributed by atoms with Crippen LogP contribution in [0.5, 0.6) is 0 Å². The molecule has 0 saturated carbocycles. The molecule has 28 heavy (non-hydrogen) atoms. The van der Waals surface area contributed by atoms with Gasteiger partial charge in [-0.3, -0.25) is 4.79 Å². The van der Waals surface area contributed by atoms with E-state index < -0.39 is 0 Å². The molecule has 0 spiro atoms. The van der Waals surface area contributed by atoms with E-state index in [0.29, 0.717) is 18.1 Å². The molecule has 1 heterocycles. The fraction of sp³-hybridized carbons (Fsp3) is 0.333. The van der Waals surface area contributed by atoms with Crippen LogP contribution < -0.4 is 10.6 Å². The minimum absolute atomic E-state index is 0.0198. The number of carbonyl (C=O) groups excluding carboxylic acids is 1. The first-order chi connectivity index (χ1) is 13.4. The third kappa shape index (κ3) is 4.79. The first-order valence-electron chi connectivity index (χ1n) is 9.30. The third-order valence-electron chi connectivity index (χ3n) is 4.83. The Bertz CT molecular complexity index is 825. The molecule has 0 bridgehead atoms. The van der Waals surface area contributed by atoms with E-state index in [1.807, 2.05) is 24.3 Å². The number of hydrogen-bond acceptors (Lipinski definition) is 3. The van der Waals surface area contributed by atoms with Crippen LogP contribution in [0.3, 0.4) is 0 Å². The van der Waals surface area contributed by atoms with Gasteiger partial charge >= 0.3 is 0 Å². The molecule has 2 aromatic carbocycles. The van der Waals surface area contributed by atoms with E-state index in [-0.39, 0.29) is 11.7 Å². The zero-order valence-electron chi connectivity index (χ0n) is 16.3. The van der Waals surface area contributed by atoms with Crippen molar-refractivity contribution < 1.29 is 9.18 Å². The van der Waals surface area contributed by atoms with Crippen molar-refractivity contribution in [3.05, 3.63) is 65.5 Å². The second kappa shape index (κ2) is 8.73. The Labute approximate surface area is 165 Å². The second-order valence-corrected chi connectivity index (χ2v) is 7.02. The zero-order valence-corrected chi connectivity index (χ0v) is 16.3. The van der Waals surface area contributed by atoms with Crippen molar-refractivity contribution >= 4 is 17.6 Å². The van der Waals surface area contributed by atoms with Crippen LogP contribution in [-0.4, -0.2) is 61.9 Å². The number of halogens is 1. The summed E-state index contributed by atoms with van der Waals surface area (Å²) in [6, 6.07) is 14.0. The Hall–Kier alpha value is -3.09. The molecule has 0 aliphatic carbocycles. The van der Waals surface area contributed by atoms with Gasteiger partial charge in [-0.1, -0.05) is 12.1 Å². The standard InChI is InChI=1S/C21H26FN5O/c1-25(2)20(28)17-5-3-16(4-6-17)15-24-21(23)27-13-11-26(12-14-27)19-9-7-18(22)8-10-19/h3-10H,11-15H2,1-2H3,(H2,23,24). The van der Waals surface area contributed by atoms with E-state index in [2.05, 4.69) is 14.8 Å². The third-order valence-corrected chi connectivity index (χ3v) is 4.83. The maximum Gasteiger partial charge on any atom is 0.253 e. The average molecular weight is 383 g/mol. The molecule has 3 rings (SSSR count). The summed E-state index contributed by atoms with van der Waals surface area (Å²) >= 11 is 0. The predicted molar refractivity (Wildman–Crippen MR) is 110 cm³/mol. The topological polar surface area (TPSA) is 65.2 Å². The van der Waals surface area contributed by atoms with E-state index in [0.717, 1.165) is 37.4 Å². The zero-order chi connectivity index (χ0) is 20.1. The Morgan fingerprint density at radius 2 is 1.64 bits per heavy atom. The van der Waals surface area contributed by atoms with Gasteiger partial charge in [0.1, 0.15) is 5.82 Å². The van der Waals surface area contributed by atoms with Gasteiger partial charge < -0.3 is 20.4 Å². The van der Waals surface area contributed by atoms with Crippen LogP contribution in [0.1, 0.15) is 15.9 Å². The molecule has 1 saturated heterocycles. The number of piperazine rings is 1. The van der Waals surface area contributed by atoms with Crippen LogP contribution >= 0.6 is 0 Å². The molecule has 0 atom stereocenters. The normalized spacial score (nSPS) is 14.9. The lowest BCUT2D eigenvalue weighted by atomic mass is 10.1. The summed E-state index contributed by atoms with van der Waals surface area (Å²) in [4.78, 5) is 22.2. The quantitative estimate of drug-likeness (QED) is 0.649. The highest BCUT2D eigenvalue weighted by atomic mass is 19.1. The molecule has 2 N–H and O–H groups in total. The molecule has 0 radical (unpaired) electrons. The number of guanidine groups is 1. The first kappa shape index (κ1) is 19.7. The van der Waals surface area contributed by atoms with Gasteiger partial charge in [0, 0.05) is 51.5 Å². The van der Waals surface area contributed by atoms with Crippen molar-refractivity contribution in [3.63, 3.8) is 0 Å². The number of amides is 1. The molecule has 1 fully saturated rings. The summed E-state index contributed by atoms with van der Waals surface area (Å²) in [6.45, 7) is 3.62. The molecular weight excluding hydrogens is 357 g/mol. The SMILES string of the molecule is CN(C)C(=O)c1ccc(CN=C(N)N2CCN(c3ccc(F)cc3)CC2)cc1. The van der Waals surface area contributed by atoms with E-state index in [9.17, 15) is 9.18 Å². The molecule has 1 aliphatic rings. The summed E-state index contributed by atoms with van der Waals surface area (Å²) in [5.74, 6) is 0.277. The van der Waals surface area contributed by atoms with Gasteiger partial charge in [0.25, 0.3) is 5.91 Å². The summed E-state index contributed by atoms with van der Waals surface area (Å²) in [6.07, 6.45) is 0. The molecule has 1 amide bonds. The number of carbonyl (C=O) groups is 1. The molecule has 0 aromatic heterocycles. The van der Waals surface area contributed by atoms with E-state index in [1.54, 1.807) is 31.1 Å². The fourth-order valence-corrected chi connectivity index (χ4v) is 3.13. The number of rotatable bonds is 4. The van der Waals surface area contributed by atoms with Crippen LogP contribution in [-0.2, 0) is 6.54 Å². The number of nitrogens with two attached hydrogens (primary N) is 1. The second-order valence-electron chi connectivity index (χ2n) is 7.02. The molecule has 2 aromatic rings. The van der Waals surface area contributed by atoms with Crippen molar-refractivity contribution in [1.82, 2.24) is 9.80 Å². The molecule has 1 aliphatic heterocycles. The molecular formula is C21H26FN5O. The highest BCUT2D eigenvalue weighted by Gasteiger charge is 2.18. The Kier molecular flexibility index (Phi) is 6.13. The minimum Gasteiger partial charge on any atom is -0.370 e. The van der Waals surface area contributed by atoms with Gasteiger partial charge in [0.2, 0.25) is 0 Å². The minimum atomic E-state index is -0.224. The number of nitrogens with zero attached hydrogens (tertiary/aromatic N) is 4. The number of benzene rings is 2. The van der Waals surface area contributed by atoms with Crippen molar-refractivity contribution in [1.29, 1.82) is 0 Å². The summed E-state index contributed by atoms with van der Waals surface area (Å²) < 4.78 is 13.1. The maximum atomic E-state index is 13.1. The van der Waals surface area contributed by atoms with Crippen molar-refractivity contribution in [2.75, 3.05) is 45.2 Å². The van der Waals surface area contributed by atoms with Gasteiger partial charge in [-0.15, -0.1) is 0 Å². The fourth-order valence-electron chi connectivity index (χ4n) is 3.13. The summed E-state index contributed by atoms with van der Waals surface area (Å²) in [5, 5.41) is 0. The van der Waals surface area contributed by atoms with Crippen LogP contribution in [0.2, 0.25) is 0 Å². The monoisotopic (exact) mass is 383 g/mol. The number of anilines is 1. The Morgan fingerprint density at radius 3 is 2.21 bits per heavy atom. The van der Waals surface area contributed by atoms with Crippen LogP contribution in [0.4, 0.5) is 10.1 Å². The smallest absolute Gasteiger partial charge is 0.253 e. The highest BCUT2D eigenvalue weighted by Crippen LogP contribution is 2.17. The number of aliphatic imine (C=N–C) groups is 1. The van der Waals surface area contributed by atoms with Crippen LogP contribution in [0, 0.1) is 5.82 Å². The van der Waals surface area contributed by atoms with E-state index in [4.69, 9.17) is 5.73 Å². The lowest BCUT2D eigenvalue weighted by Gasteiger charge is -2.36. The van der Waals surface area contributed by atoms with E-state index in [1.165, 1.54) is 12.1 Å². The van der Waals surface area contributed by atoms with Gasteiger partial charge in [0.05, 0.1) is 6.54 Å². The predicted octanol–water partition coefficient (Wildman–Crippen LogP) is 2.16. The first-order valence-corrected chi connectivity index (χ1v) is 9.30. The highest BCUT2D eigenvalue weighted by molar-refractivity contribution is 5.93. The lowest BCUT2D eigenvalue weighted by molar-refractivity contribution is 0.0827. The van der Waals surface area contributed by atoms with Crippen molar-refractivity contribution in [2.45, 2.75) is 6.54 Å². The van der Waals surface area contributed by atoms with E-state index >= 15 is 0 Å². The Balaban J connectivity index is 1.53. The van der Waals surface area contributed by atoms with Gasteiger partial charge in [-0.05, 0) is 42.0 Å². The van der Waals surface area contributed by atoms with Crippen LogP contribution in [0.25, 0.3) is 0 Å². The van der Waals surface area contributed by atoms with Gasteiger partial charge in [0.15, 0.2) is 5.96 Å². The lowest BCUT2D eigenvalue weighted by Crippen LogP contribution is -2.51.